The minimum atomic E-state index is 0. The summed E-state index contributed by atoms with van der Waals surface area (Å²) in [5, 5.41) is 10.9. The zero-order valence-corrected chi connectivity index (χ0v) is 9.63. The smallest absolute Gasteiger partial charge is 0.872 e. The number of aryl methyl sites for hydroxylation is 1. The molecule has 12 heavy (non-hydrogen) atoms. The molecule has 0 unspecified atom stereocenters. The van der Waals surface area contributed by atoms with E-state index in [1.54, 1.807) is 6.07 Å². The second-order valence-electron chi connectivity index (χ2n) is 2.59. The Hall–Kier alpha value is -0.240. The van der Waals surface area contributed by atoms with E-state index in [1.165, 1.54) is 0 Å². The fraction of sp³-hybridized carbons (Fsp3) is 0.200. The van der Waals surface area contributed by atoms with E-state index in [-0.39, 0.29) is 35.3 Å². The van der Waals surface area contributed by atoms with Gasteiger partial charge in [0.25, 0.3) is 0 Å². The Morgan fingerprint density at radius 1 is 1.50 bits per heavy atom. The van der Waals surface area contributed by atoms with Crippen LogP contribution in [0.1, 0.15) is 11.1 Å². The quantitative estimate of drug-likeness (QED) is 0.404. The second-order valence-corrected chi connectivity index (χ2v) is 2.59. The molecule has 0 bridgehead atoms. The van der Waals surface area contributed by atoms with Gasteiger partial charge in [-0.1, -0.05) is 29.8 Å². The van der Waals surface area contributed by atoms with Gasteiger partial charge in [-0.25, -0.2) is 0 Å². The van der Waals surface area contributed by atoms with E-state index in [0.29, 0.717) is 0 Å². The summed E-state index contributed by atoms with van der Waals surface area (Å²) in [5.41, 5.74) is 1.96. The summed E-state index contributed by atoms with van der Waals surface area (Å²) in [5.74, 6) is 0.109. The molecule has 0 aromatic heterocycles. The average Bonchev–Trinajstić information content (AvgIpc) is 1.98. The SMILES string of the molecule is C=CCc1ccc([O-])c(C)c1.[Na+]. The topological polar surface area (TPSA) is 23.1 Å². The normalized spacial score (nSPS) is 8.75. The molecule has 0 amide bonds. The Bertz CT molecular complexity index is 269. The minimum Gasteiger partial charge on any atom is -0.872 e. The maximum Gasteiger partial charge on any atom is 1.00 e. The Balaban J connectivity index is 0.00000121. The minimum absolute atomic E-state index is 0. The Labute approximate surface area is 95.4 Å². The maximum absolute atomic E-state index is 10.9. The Morgan fingerprint density at radius 3 is 2.67 bits per heavy atom. The van der Waals surface area contributed by atoms with Crippen LogP contribution in [-0.4, -0.2) is 0 Å². The van der Waals surface area contributed by atoms with Crippen LogP contribution < -0.4 is 34.7 Å². The fourth-order valence-electron chi connectivity index (χ4n) is 1.01. The summed E-state index contributed by atoms with van der Waals surface area (Å²) < 4.78 is 0. The molecule has 0 saturated carbocycles. The van der Waals surface area contributed by atoms with E-state index < -0.39 is 0 Å². The molecule has 58 valence electrons. The molecule has 0 heterocycles. The molecular formula is C10H11NaO. The molecule has 0 aliphatic carbocycles. The van der Waals surface area contributed by atoms with Gasteiger partial charge in [0.2, 0.25) is 0 Å². The van der Waals surface area contributed by atoms with Crippen molar-refractivity contribution in [2.45, 2.75) is 13.3 Å². The van der Waals surface area contributed by atoms with E-state index in [0.717, 1.165) is 17.5 Å². The van der Waals surface area contributed by atoms with Crippen LogP contribution in [-0.2, 0) is 6.42 Å². The summed E-state index contributed by atoms with van der Waals surface area (Å²) >= 11 is 0. The van der Waals surface area contributed by atoms with E-state index >= 15 is 0 Å². The van der Waals surface area contributed by atoms with Crippen LogP contribution in [0.4, 0.5) is 0 Å². The molecule has 0 aliphatic heterocycles. The van der Waals surface area contributed by atoms with Crippen LogP contribution in [0.3, 0.4) is 0 Å². The van der Waals surface area contributed by atoms with Crippen molar-refractivity contribution < 1.29 is 34.7 Å². The van der Waals surface area contributed by atoms with E-state index in [2.05, 4.69) is 6.58 Å². The molecule has 0 radical (unpaired) electrons. The molecule has 1 aromatic rings. The largest absolute Gasteiger partial charge is 1.00 e. The third kappa shape index (κ3) is 3.02. The zero-order chi connectivity index (χ0) is 8.27. The van der Waals surface area contributed by atoms with Gasteiger partial charge in [0.05, 0.1) is 0 Å². The van der Waals surface area contributed by atoms with Gasteiger partial charge in [0.15, 0.2) is 0 Å². The molecule has 0 atom stereocenters. The van der Waals surface area contributed by atoms with Gasteiger partial charge >= 0.3 is 29.6 Å². The van der Waals surface area contributed by atoms with Crippen molar-refractivity contribution in [1.82, 2.24) is 0 Å². The van der Waals surface area contributed by atoms with Crippen molar-refractivity contribution in [2.24, 2.45) is 0 Å². The van der Waals surface area contributed by atoms with E-state index in [9.17, 15) is 5.11 Å². The first-order valence-electron chi connectivity index (χ1n) is 3.61. The van der Waals surface area contributed by atoms with Gasteiger partial charge in [-0.2, -0.15) is 0 Å². The first-order valence-corrected chi connectivity index (χ1v) is 3.61. The maximum atomic E-state index is 10.9. The van der Waals surface area contributed by atoms with Gasteiger partial charge in [0, 0.05) is 0 Å². The molecule has 0 N–H and O–H groups in total. The van der Waals surface area contributed by atoms with Gasteiger partial charge < -0.3 is 5.11 Å². The van der Waals surface area contributed by atoms with Crippen molar-refractivity contribution >= 4 is 0 Å². The van der Waals surface area contributed by atoms with Crippen molar-refractivity contribution in [3.63, 3.8) is 0 Å². The van der Waals surface area contributed by atoms with Crippen molar-refractivity contribution in [1.29, 1.82) is 0 Å². The Kier molecular flexibility index (Phi) is 5.31. The van der Waals surface area contributed by atoms with Crippen LogP contribution in [0.5, 0.6) is 5.75 Å². The predicted molar refractivity (Wildman–Crippen MR) is 44.5 cm³/mol. The van der Waals surface area contributed by atoms with Crippen LogP contribution in [0, 0.1) is 6.92 Å². The molecule has 0 saturated heterocycles. The summed E-state index contributed by atoms with van der Waals surface area (Å²) in [6, 6.07) is 5.36. The third-order valence-corrected chi connectivity index (χ3v) is 1.62. The monoisotopic (exact) mass is 170 g/mol. The van der Waals surface area contributed by atoms with Gasteiger partial charge in [-0.3, -0.25) is 0 Å². The molecule has 1 aromatic carbocycles. The van der Waals surface area contributed by atoms with Crippen LogP contribution in [0.15, 0.2) is 30.9 Å². The van der Waals surface area contributed by atoms with Crippen LogP contribution >= 0.6 is 0 Å². The first-order chi connectivity index (χ1) is 5.24. The molecule has 1 nitrogen and oxygen atoms in total. The van der Waals surface area contributed by atoms with Gasteiger partial charge in [-0.05, 0) is 18.9 Å². The number of hydrogen-bond donors (Lipinski definition) is 0. The summed E-state index contributed by atoms with van der Waals surface area (Å²) in [6.45, 7) is 5.46. The number of hydrogen-bond acceptors (Lipinski definition) is 1. The summed E-state index contributed by atoms with van der Waals surface area (Å²) in [6.07, 6.45) is 2.67. The number of benzene rings is 1. The summed E-state index contributed by atoms with van der Waals surface area (Å²) in [7, 11) is 0. The van der Waals surface area contributed by atoms with Crippen molar-refractivity contribution in [3.8, 4) is 5.75 Å². The second kappa shape index (κ2) is 5.41. The molecule has 0 fully saturated rings. The number of rotatable bonds is 2. The predicted octanol–water partition coefficient (Wildman–Crippen LogP) is -1.20. The average molecular weight is 170 g/mol. The zero-order valence-electron chi connectivity index (χ0n) is 7.63. The molecule has 0 aliphatic rings. The van der Waals surface area contributed by atoms with Crippen molar-refractivity contribution in [2.75, 3.05) is 0 Å². The molecule has 0 spiro atoms. The van der Waals surface area contributed by atoms with E-state index in [4.69, 9.17) is 0 Å². The summed E-state index contributed by atoms with van der Waals surface area (Å²) in [4.78, 5) is 0. The van der Waals surface area contributed by atoms with Gasteiger partial charge in [0.1, 0.15) is 0 Å². The third-order valence-electron chi connectivity index (χ3n) is 1.62. The fourth-order valence-corrected chi connectivity index (χ4v) is 1.01. The first kappa shape index (κ1) is 11.8. The molecular weight excluding hydrogens is 159 g/mol. The standard InChI is InChI=1S/C10H12O.Na/c1-3-4-9-5-6-10(11)8(2)7-9;/h3,5-7,11H,1,4H2,2H3;/q;+1/p-1. The van der Waals surface area contributed by atoms with E-state index in [1.807, 2.05) is 25.1 Å². The number of allylic oxidation sites excluding steroid dienone is 1. The van der Waals surface area contributed by atoms with Crippen molar-refractivity contribution in [3.05, 3.63) is 42.0 Å². The molecule has 1 rings (SSSR count). The Morgan fingerprint density at radius 2 is 2.17 bits per heavy atom. The van der Waals surface area contributed by atoms with Crippen LogP contribution in [0.2, 0.25) is 0 Å². The molecule has 2 heteroatoms. The van der Waals surface area contributed by atoms with Gasteiger partial charge in [-0.15, -0.1) is 12.3 Å². The van der Waals surface area contributed by atoms with Crippen LogP contribution in [0.25, 0.3) is 0 Å².